The number of amides is 1. The Morgan fingerprint density at radius 3 is 2.46 bits per heavy atom. The number of rotatable bonds is 8. The van der Waals surface area contributed by atoms with Gasteiger partial charge in [0.25, 0.3) is 5.91 Å². The molecular formula is C19H27N3O2. The molecule has 0 bridgehead atoms. The molecule has 5 heteroatoms. The molecule has 0 radical (unpaired) electrons. The molecule has 0 atom stereocenters. The Morgan fingerprint density at radius 2 is 1.83 bits per heavy atom. The third-order valence-electron chi connectivity index (χ3n) is 4.34. The molecule has 0 aliphatic rings. The summed E-state index contributed by atoms with van der Waals surface area (Å²) in [5.41, 5.74) is 3.67. The summed E-state index contributed by atoms with van der Waals surface area (Å²) < 4.78 is 5.15. The van der Waals surface area contributed by atoms with Gasteiger partial charge < -0.3 is 9.84 Å². The number of aromatic nitrogens is 1. The minimum absolute atomic E-state index is 0.122. The molecule has 0 saturated heterocycles. The number of benzene rings is 1. The number of aryl methyl sites for hydroxylation is 2. The molecule has 1 N–H and O–H groups in total. The van der Waals surface area contributed by atoms with Gasteiger partial charge in [0.15, 0.2) is 0 Å². The van der Waals surface area contributed by atoms with Crippen LogP contribution in [0.5, 0.6) is 0 Å². The first-order valence-electron chi connectivity index (χ1n) is 8.63. The molecule has 0 saturated carbocycles. The van der Waals surface area contributed by atoms with Gasteiger partial charge in [0.1, 0.15) is 11.3 Å². The third kappa shape index (κ3) is 4.23. The van der Waals surface area contributed by atoms with Crippen molar-refractivity contribution in [2.75, 3.05) is 13.1 Å². The Kier molecular flexibility index (Phi) is 6.55. The zero-order valence-electron chi connectivity index (χ0n) is 15.1. The van der Waals surface area contributed by atoms with Gasteiger partial charge in [-0.25, -0.2) is 0 Å². The van der Waals surface area contributed by atoms with Crippen LogP contribution in [0.2, 0.25) is 0 Å². The number of nitrogens with zero attached hydrogens (tertiary/aromatic N) is 2. The highest BCUT2D eigenvalue weighted by atomic mass is 16.5. The van der Waals surface area contributed by atoms with Crippen molar-refractivity contribution < 1.29 is 9.32 Å². The molecule has 1 aromatic carbocycles. The van der Waals surface area contributed by atoms with Gasteiger partial charge in [-0.3, -0.25) is 9.69 Å². The van der Waals surface area contributed by atoms with E-state index in [4.69, 9.17) is 4.52 Å². The van der Waals surface area contributed by atoms with Crippen LogP contribution < -0.4 is 5.32 Å². The summed E-state index contributed by atoms with van der Waals surface area (Å²) in [5.74, 6) is 0.448. The molecule has 5 nitrogen and oxygen atoms in total. The van der Waals surface area contributed by atoms with Crippen LogP contribution in [0.1, 0.15) is 53.7 Å². The van der Waals surface area contributed by atoms with E-state index in [0.29, 0.717) is 30.0 Å². The summed E-state index contributed by atoms with van der Waals surface area (Å²) in [7, 11) is 0. The van der Waals surface area contributed by atoms with E-state index in [1.807, 2.05) is 19.1 Å². The fourth-order valence-electron chi connectivity index (χ4n) is 2.79. The highest BCUT2D eigenvalue weighted by molar-refractivity contribution is 5.96. The maximum absolute atomic E-state index is 12.5. The van der Waals surface area contributed by atoms with Gasteiger partial charge in [-0.05, 0) is 37.6 Å². The van der Waals surface area contributed by atoms with Gasteiger partial charge in [-0.15, -0.1) is 0 Å². The minimum atomic E-state index is -0.122. The molecule has 1 amide bonds. The van der Waals surface area contributed by atoms with Crippen molar-refractivity contribution in [1.82, 2.24) is 15.4 Å². The molecule has 0 aliphatic carbocycles. The first kappa shape index (κ1) is 18.2. The molecule has 0 unspecified atom stereocenters. The third-order valence-corrected chi connectivity index (χ3v) is 4.34. The van der Waals surface area contributed by atoms with Gasteiger partial charge in [-0.1, -0.05) is 50.2 Å². The van der Waals surface area contributed by atoms with Crippen molar-refractivity contribution in [3.63, 3.8) is 0 Å². The normalized spacial score (nSPS) is 11.0. The van der Waals surface area contributed by atoms with E-state index in [1.165, 1.54) is 5.56 Å². The van der Waals surface area contributed by atoms with Crippen molar-refractivity contribution in [2.45, 2.75) is 47.2 Å². The SMILES string of the molecule is CCc1noc(C)c1C(=O)NCc1ccccc1CN(CC)CC. The van der Waals surface area contributed by atoms with E-state index in [9.17, 15) is 4.79 Å². The lowest BCUT2D eigenvalue weighted by atomic mass is 10.1. The topological polar surface area (TPSA) is 58.4 Å². The molecule has 0 fully saturated rings. The monoisotopic (exact) mass is 329 g/mol. The van der Waals surface area contributed by atoms with Gasteiger partial charge in [0.2, 0.25) is 0 Å². The first-order chi connectivity index (χ1) is 11.6. The van der Waals surface area contributed by atoms with E-state index in [2.05, 4.69) is 41.4 Å². The Labute approximate surface area is 144 Å². The highest BCUT2D eigenvalue weighted by Gasteiger charge is 2.19. The van der Waals surface area contributed by atoms with Crippen LogP contribution in [0.15, 0.2) is 28.8 Å². The molecule has 1 aromatic heterocycles. The van der Waals surface area contributed by atoms with E-state index in [0.717, 1.165) is 25.2 Å². The van der Waals surface area contributed by atoms with Crippen molar-refractivity contribution >= 4 is 5.91 Å². The van der Waals surface area contributed by atoms with E-state index in [-0.39, 0.29) is 5.91 Å². The van der Waals surface area contributed by atoms with Crippen molar-refractivity contribution in [3.8, 4) is 0 Å². The largest absolute Gasteiger partial charge is 0.361 e. The van der Waals surface area contributed by atoms with Crippen LogP contribution in [0.3, 0.4) is 0 Å². The molecule has 0 aliphatic heterocycles. The molecule has 130 valence electrons. The van der Waals surface area contributed by atoms with Crippen LogP contribution in [-0.2, 0) is 19.5 Å². The van der Waals surface area contributed by atoms with Crippen LogP contribution in [0.4, 0.5) is 0 Å². The Hall–Kier alpha value is -2.14. The smallest absolute Gasteiger partial charge is 0.257 e. The maximum atomic E-state index is 12.5. The van der Waals surface area contributed by atoms with Gasteiger partial charge in [0, 0.05) is 13.1 Å². The lowest BCUT2D eigenvalue weighted by Crippen LogP contribution is -2.26. The zero-order valence-corrected chi connectivity index (χ0v) is 15.1. The minimum Gasteiger partial charge on any atom is -0.361 e. The standard InChI is InChI=1S/C19H27N3O2/c1-5-17-18(14(4)24-21-17)19(23)20-12-15-10-8-9-11-16(15)13-22(6-2)7-3/h8-11H,5-7,12-13H2,1-4H3,(H,20,23). The molecule has 24 heavy (non-hydrogen) atoms. The van der Waals surface area contributed by atoms with Crippen LogP contribution in [-0.4, -0.2) is 29.1 Å². The number of nitrogens with one attached hydrogen (secondary N) is 1. The van der Waals surface area contributed by atoms with Crippen molar-refractivity contribution in [1.29, 1.82) is 0 Å². The summed E-state index contributed by atoms with van der Waals surface area (Å²) in [5, 5.41) is 6.96. The summed E-state index contributed by atoms with van der Waals surface area (Å²) in [6.45, 7) is 11.5. The Bertz CT molecular complexity index is 675. The number of carbonyl (C=O) groups excluding carboxylic acids is 1. The van der Waals surface area contributed by atoms with Gasteiger partial charge >= 0.3 is 0 Å². The molecule has 2 aromatic rings. The van der Waals surface area contributed by atoms with Gasteiger partial charge in [-0.2, -0.15) is 0 Å². The lowest BCUT2D eigenvalue weighted by molar-refractivity contribution is 0.0948. The van der Waals surface area contributed by atoms with Crippen molar-refractivity contribution in [3.05, 3.63) is 52.4 Å². The molecule has 2 rings (SSSR count). The fraction of sp³-hybridized carbons (Fsp3) is 0.474. The second-order valence-electron chi connectivity index (χ2n) is 5.83. The summed E-state index contributed by atoms with van der Waals surface area (Å²) in [6.07, 6.45) is 0.679. The predicted octanol–water partition coefficient (Wildman–Crippen LogP) is 3.32. The van der Waals surface area contributed by atoms with Crippen LogP contribution >= 0.6 is 0 Å². The lowest BCUT2D eigenvalue weighted by Gasteiger charge is -2.20. The summed E-state index contributed by atoms with van der Waals surface area (Å²) >= 11 is 0. The Balaban J connectivity index is 2.09. The second kappa shape index (κ2) is 8.64. The molecular weight excluding hydrogens is 302 g/mol. The quantitative estimate of drug-likeness (QED) is 0.807. The molecule has 1 heterocycles. The van der Waals surface area contributed by atoms with E-state index in [1.54, 1.807) is 6.92 Å². The van der Waals surface area contributed by atoms with Crippen LogP contribution in [0, 0.1) is 6.92 Å². The van der Waals surface area contributed by atoms with E-state index >= 15 is 0 Å². The first-order valence-corrected chi connectivity index (χ1v) is 8.63. The summed E-state index contributed by atoms with van der Waals surface area (Å²) in [4.78, 5) is 14.9. The zero-order chi connectivity index (χ0) is 17.5. The molecule has 0 spiro atoms. The average Bonchev–Trinajstić information content (AvgIpc) is 2.99. The van der Waals surface area contributed by atoms with Crippen LogP contribution in [0.25, 0.3) is 0 Å². The highest BCUT2D eigenvalue weighted by Crippen LogP contribution is 2.15. The van der Waals surface area contributed by atoms with E-state index < -0.39 is 0 Å². The van der Waals surface area contributed by atoms with Gasteiger partial charge in [0.05, 0.1) is 5.69 Å². The maximum Gasteiger partial charge on any atom is 0.257 e. The predicted molar refractivity (Wildman–Crippen MR) is 94.9 cm³/mol. The number of carbonyl (C=O) groups is 1. The Morgan fingerprint density at radius 1 is 1.17 bits per heavy atom. The number of hydrogen-bond acceptors (Lipinski definition) is 4. The second-order valence-corrected chi connectivity index (χ2v) is 5.83. The fourth-order valence-corrected chi connectivity index (χ4v) is 2.79. The average molecular weight is 329 g/mol. The van der Waals surface area contributed by atoms with Crippen molar-refractivity contribution in [2.24, 2.45) is 0 Å². The number of hydrogen-bond donors (Lipinski definition) is 1. The summed E-state index contributed by atoms with van der Waals surface area (Å²) in [6, 6.07) is 8.25.